The number of nitrogens with one attached hydrogen (secondary N) is 1. The van der Waals surface area contributed by atoms with Crippen LogP contribution in [0.1, 0.15) is 66.2 Å². The zero-order valence-electron chi connectivity index (χ0n) is 18.3. The molecule has 30 heavy (non-hydrogen) atoms. The molecule has 4 rings (SSSR count). The van der Waals surface area contributed by atoms with Gasteiger partial charge in [-0.05, 0) is 61.4 Å². The lowest BCUT2D eigenvalue weighted by Crippen LogP contribution is -2.29. The highest BCUT2D eigenvalue weighted by atomic mass is 16.5. The van der Waals surface area contributed by atoms with E-state index in [-0.39, 0.29) is 12.0 Å². The van der Waals surface area contributed by atoms with Crippen molar-refractivity contribution in [1.82, 2.24) is 0 Å². The Bertz CT molecular complexity index is 963. The van der Waals surface area contributed by atoms with Crippen LogP contribution in [0.2, 0.25) is 0 Å². The van der Waals surface area contributed by atoms with Crippen LogP contribution >= 0.6 is 0 Å². The van der Waals surface area contributed by atoms with Gasteiger partial charge in [-0.3, -0.25) is 0 Å². The monoisotopic (exact) mass is 405 g/mol. The Hall–Kier alpha value is -2.75. The van der Waals surface area contributed by atoms with Crippen LogP contribution in [0.4, 0.5) is 5.69 Å². The summed E-state index contributed by atoms with van der Waals surface area (Å²) in [6.45, 7) is 9.07. The van der Waals surface area contributed by atoms with Gasteiger partial charge in [-0.2, -0.15) is 0 Å². The molecule has 4 heteroatoms. The van der Waals surface area contributed by atoms with Crippen LogP contribution in [0.5, 0.6) is 5.75 Å². The second kappa shape index (κ2) is 8.55. The van der Waals surface area contributed by atoms with E-state index in [1.54, 1.807) is 0 Å². The molecule has 0 fully saturated rings. The number of carbonyl (C=O) groups is 1. The van der Waals surface area contributed by atoms with E-state index in [4.69, 9.17) is 9.47 Å². The molecule has 158 valence electrons. The number of anilines is 1. The Labute approximate surface area is 179 Å². The first kappa shape index (κ1) is 20.5. The minimum absolute atomic E-state index is 0.165. The maximum absolute atomic E-state index is 12.4. The molecule has 2 aliphatic rings. The summed E-state index contributed by atoms with van der Waals surface area (Å²) in [5, 5.41) is 3.77. The first-order valence-electron chi connectivity index (χ1n) is 11.0. The standard InChI is InChI=1S/C26H31NO3/c1-5-29-26(28)21-11-10-18(14-24(21)30-15-16(2)3)25-20-8-6-7-19(20)22-13-17(4)9-12-23(22)27-25/h6-7,9-14,16,19-20,25,27H,5,8,15H2,1-4H3/t19-,20+,25+/m1/s1. The number of esters is 1. The normalized spacial score (nSPS) is 21.7. The number of hydrogen-bond acceptors (Lipinski definition) is 4. The second-order valence-corrected chi connectivity index (χ2v) is 8.75. The number of carbonyl (C=O) groups excluding carboxylic acids is 1. The number of hydrogen-bond donors (Lipinski definition) is 1. The van der Waals surface area contributed by atoms with Crippen molar-refractivity contribution in [2.75, 3.05) is 18.5 Å². The molecule has 0 saturated heterocycles. The van der Waals surface area contributed by atoms with Gasteiger partial charge in [0.15, 0.2) is 0 Å². The summed E-state index contributed by atoms with van der Waals surface area (Å²) in [6.07, 6.45) is 5.68. The van der Waals surface area contributed by atoms with Gasteiger partial charge < -0.3 is 14.8 Å². The molecule has 0 aromatic heterocycles. The van der Waals surface area contributed by atoms with Crippen LogP contribution in [-0.4, -0.2) is 19.2 Å². The van der Waals surface area contributed by atoms with Crippen molar-refractivity contribution < 1.29 is 14.3 Å². The average Bonchev–Trinajstić information content (AvgIpc) is 3.22. The number of ether oxygens (including phenoxy) is 2. The van der Waals surface area contributed by atoms with Crippen molar-refractivity contribution in [3.05, 3.63) is 70.8 Å². The summed E-state index contributed by atoms with van der Waals surface area (Å²) >= 11 is 0. The molecule has 1 aliphatic heterocycles. The first-order valence-corrected chi connectivity index (χ1v) is 11.0. The van der Waals surface area contributed by atoms with Crippen LogP contribution in [0.15, 0.2) is 48.6 Å². The molecule has 3 atom stereocenters. The Kier molecular flexibility index (Phi) is 5.85. The van der Waals surface area contributed by atoms with Gasteiger partial charge >= 0.3 is 5.97 Å². The number of rotatable bonds is 6. The van der Waals surface area contributed by atoms with Crippen LogP contribution in [0.3, 0.4) is 0 Å². The third kappa shape index (κ3) is 3.96. The zero-order chi connectivity index (χ0) is 21.3. The summed E-state index contributed by atoms with van der Waals surface area (Å²) in [6, 6.07) is 12.7. The lowest BCUT2D eigenvalue weighted by molar-refractivity contribution is 0.0521. The molecule has 4 nitrogen and oxygen atoms in total. The molecule has 0 radical (unpaired) electrons. The molecule has 1 heterocycles. The van der Waals surface area contributed by atoms with Crippen molar-refractivity contribution >= 4 is 11.7 Å². The maximum Gasteiger partial charge on any atom is 0.341 e. The topological polar surface area (TPSA) is 47.6 Å². The van der Waals surface area contributed by atoms with Crippen molar-refractivity contribution in [3.63, 3.8) is 0 Å². The quantitative estimate of drug-likeness (QED) is 0.471. The van der Waals surface area contributed by atoms with Gasteiger partial charge in [0.1, 0.15) is 11.3 Å². The lowest BCUT2D eigenvalue weighted by atomic mass is 9.76. The molecule has 0 spiro atoms. The smallest absolute Gasteiger partial charge is 0.341 e. The SMILES string of the molecule is CCOC(=O)c1ccc([C@@H]2Nc3ccc(C)cc3[C@@H]3C=CC[C@@H]32)cc1OCC(C)C. The molecular weight excluding hydrogens is 374 g/mol. The average molecular weight is 406 g/mol. The predicted octanol–water partition coefficient (Wildman–Crippen LogP) is 6.03. The maximum atomic E-state index is 12.4. The Morgan fingerprint density at radius 2 is 2.03 bits per heavy atom. The third-order valence-corrected chi connectivity index (χ3v) is 5.95. The fourth-order valence-electron chi connectivity index (χ4n) is 4.53. The van der Waals surface area contributed by atoms with Crippen molar-refractivity contribution in [2.45, 2.75) is 46.1 Å². The highest BCUT2D eigenvalue weighted by Gasteiger charge is 2.38. The Balaban J connectivity index is 1.70. The van der Waals surface area contributed by atoms with Gasteiger partial charge in [-0.1, -0.05) is 49.8 Å². The van der Waals surface area contributed by atoms with Crippen LogP contribution in [0, 0.1) is 18.8 Å². The van der Waals surface area contributed by atoms with E-state index in [9.17, 15) is 4.79 Å². The summed E-state index contributed by atoms with van der Waals surface area (Å²) in [7, 11) is 0. The number of benzene rings is 2. The first-order chi connectivity index (χ1) is 14.5. The minimum atomic E-state index is -0.333. The number of aryl methyl sites for hydroxylation is 1. The highest BCUT2D eigenvalue weighted by molar-refractivity contribution is 5.92. The van der Waals surface area contributed by atoms with E-state index in [0.717, 1.165) is 12.0 Å². The molecule has 0 unspecified atom stereocenters. The Morgan fingerprint density at radius 1 is 1.20 bits per heavy atom. The van der Waals surface area contributed by atoms with E-state index in [1.807, 2.05) is 25.1 Å². The van der Waals surface area contributed by atoms with E-state index >= 15 is 0 Å². The molecule has 1 aliphatic carbocycles. The van der Waals surface area contributed by atoms with Crippen molar-refractivity contribution in [3.8, 4) is 5.75 Å². The van der Waals surface area contributed by atoms with Gasteiger partial charge in [0.05, 0.1) is 19.3 Å². The van der Waals surface area contributed by atoms with E-state index in [1.165, 1.54) is 16.8 Å². The van der Waals surface area contributed by atoms with Gasteiger partial charge in [0.25, 0.3) is 0 Å². The number of allylic oxidation sites excluding steroid dienone is 2. The van der Waals surface area contributed by atoms with E-state index < -0.39 is 0 Å². The lowest BCUT2D eigenvalue weighted by Gasteiger charge is -2.38. The molecule has 0 saturated carbocycles. The van der Waals surface area contributed by atoms with E-state index in [0.29, 0.717) is 42.3 Å². The summed E-state index contributed by atoms with van der Waals surface area (Å²) < 4.78 is 11.3. The van der Waals surface area contributed by atoms with Crippen molar-refractivity contribution in [2.24, 2.45) is 11.8 Å². The number of fused-ring (bicyclic) bond motifs is 3. The Morgan fingerprint density at radius 3 is 2.80 bits per heavy atom. The van der Waals surface area contributed by atoms with E-state index in [2.05, 4.69) is 56.4 Å². The molecular formula is C26H31NO3. The molecule has 0 amide bonds. The fourth-order valence-corrected chi connectivity index (χ4v) is 4.53. The van der Waals surface area contributed by atoms with Crippen LogP contribution < -0.4 is 10.1 Å². The highest BCUT2D eigenvalue weighted by Crippen LogP contribution is 2.50. The van der Waals surface area contributed by atoms with Gasteiger partial charge in [0, 0.05) is 11.6 Å². The molecule has 2 aromatic carbocycles. The van der Waals surface area contributed by atoms with Gasteiger partial charge in [-0.25, -0.2) is 4.79 Å². The molecule has 1 N–H and O–H groups in total. The minimum Gasteiger partial charge on any atom is -0.492 e. The fraction of sp³-hybridized carbons (Fsp3) is 0.423. The summed E-state index contributed by atoms with van der Waals surface area (Å²) in [5.74, 6) is 1.51. The van der Waals surface area contributed by atoms with Crippen molar-refractivity contribution in [1.29, 1.82) is 0 Å². The van der Waals surface area contributed by atoms with Crippen LogP contribution in [0.25, 0.3) is 0 Å². The largest absolute Gasteiger partial charge is 0.492 e. The van der Waals surface area contributed by atoms with Gasteiger partial charge in [-0.15, -0.1) is 0 Å². The summed E-state index contributed by atoms with van der Waals surface area (Å²) in [5.41, 5.74) is 5.50. The van der Waals surface area contributed by atoms with Crippen LogP contribution in [-0.2, 0) is 4.74 Å². The molecule has 0 bridgehead atoms. The summed E-state index contributed by atoms with van der Waals surface area (Å²) in [4.78, 5) is 12.4. The van der Waals surface area contributed by atoms with Gasteiger partial charge in [0.2, 0.25) is 0 Å². The second-order valence-electron chi connectivity index (χ2n) is 8.75. The predicted molar refractivity (Wildman–Crippen MR) is 120 cm³/mol. The zero-order valence-corrected chi connectivity index (χ0v) is 18.3. The third-order valence-electron chi connectivity index (χ3n) is 5.95. The molecule has 2 aromatic rings.